The molecule has 7 N–H and O–H groups in total. The Kier molecular flexibility index (Phi) is 8.91. The zero-order valence-electron chi connectivity index (χ0n) is 18.6. The summed E-state index contributed by atoms with van der Waals surface area (Å²) < 4.78 is 5.51. The fourth-order valence-electron chi connectivity index (χ4n) is 5.25. The van der Waals surface area contributed by atoms with E-state index in [2.05, 4.69) is 21.3 Å². The Hall–Kier alpha value is -1.91. The minimum Gasteiger partial charge on any atom is -0.463 e. The fourth-order valence-corrected chi connectivity index (χ4v) is 5.25. The van der Waals surface area contributed by atoms with Gasteiger partial charge in [-0.2, -0.15) is 5.10 Å². The highest BCUT2D eigenvalue weighted by Crippen LogP contribution is 2.40. The normalized spacial score (nSPS) is 31.0. The van der Waals surface area contributed by atoms with Crippen molar-refractivity contribution in [2.24, 2.45) is 34.4 Å². The Bertz CT molecular complexity index is 638. The molecule has 0 spiro atoms. The Morgan fingerprint density at radius 2 is 2.00 bits per heavy atom. The van der Waals surface area contributed by atoms with Crippen molar-refractivity contribution in [1.29, 1.82) is 0 Å². The van der Waals surface area contributed by atoms with Crippen LogP contribution in [0.25, 0.3) is 0 Å². The number of nitrogens with zero attached hydrogens (tertiary/aromatic N) is 2. The molecule has 5 unspecified atom stereocenters. The van der Waals surface area contributed by atoms with Crippen LogP contribution in [0, 0.1) is 17.8 Å². The zero-order valence-corrected chi connectivity index (χ0v) is 18.6. The maximum Gasteiger partial charge on any atom is 0.323 e. The maximum absolute atomic E-state index is 12.6. The van der Waals surface area contributed by atoms with Gasteiger partial charge < -0.3 is 26.0 Å². The minimum absolute atomic E-state index is 0.0772. The minimum atomic E-state index is -0.259. The van der Waals surface area contributed by atoms with Gasteiger partial charge in [-0.15, -0.1) is 0 Å². The molecule has 2 aliphatic heterocycles. The van der Waals surface area contributed by atoms with Crippen LogP contribution in [-0.4, -0.2) is 68.0 Å². The molecule has 0 radical (unpaired) electrons. The van der Waals surface area contributed by atoms with Gasteiger partial charge in [-0.1, -0.05) is 6.42 Å². The van der Waals surface area contributed by atoms with Crippen LogP contribution in [0.1, 0.15) is 51.4 Å². The third-order valence-electron chi connectivity index (χ3n) is 7.12. The highest BCUT2D eigenvalue weighted by Gasteiger charge is 2.38. The molecule has 31 heavy (non-hydrogen) atoms. The molecule has 10 nitrogen and oxygen atoms in total. The van der Waals surface area contributed by atoms with Gasteiger partial charge >= 0.3 is 5.97 Å². The van der Waals surface area contributed by atoms with Crippen molar-refractivity contribution in [2.75, 3.05) is 33.3 Å². The molecule has 1 aliphatic carbocycles. The van der Waals surface area contributed by atoms with E-state index >= 15 is 0 Å². The lowest BCUT2D eigenvalue weighted by atomic mass is 9.69. The van der Waals surface area contributed by atoms with Crippen LogP contribution in [0.3, 0.4) is 0 Å². The summed E-state index contributed by atoms with van der Waals surface area (Å²) >= 11 is 0. The topological polar surface area (TPSA) is 147 Å². The van der Waals surface area contributed by atoms with Gasteiger partial charge in [0, 0.05) is 13.5 Å². The Morgan fingerprint density at radius 3 is 2.74 bits per heavy atom. The first-order valence-corrected chi connectivity index (χ1v) is 11.6. The number of nitrogens with two attached hydrogens (primary N) is 2. The highest BCUT2D eigenvalue weighted by molar-refractivity contribution is 5.82. The van der Waals surface area contributed by atoms with E-state index in [9.17, 15) is 9.59 Å². The number of carbonyl (C=O) groups is 2. The third kappa shape index (κ3) is 6.78. The monoisotopic (exact) mass is 437 g/mol. The van der Waals surface area contributed by atoms with E-state index in [1.54, 1.807) is 11.9 Å². The fraction of sp³-hybridized carbons (Fsp3) is 0.857. The number of esters is 1. The number of hydrogen-bond donors (Lipinski definition) is 5. The lowest BCUT2D eigenvalue weighted by Crippen LogP contribution is -2.50. The number of amides is 1. The van der Waals surface area contributed by atoms with Gasteiger partial charge in [0.15, 0.2) is 0 Å². The molecule has 1 amide bonds. The number of nitrogens with one attached hydrogen (secondary N) is 3. The lowest BCUT2D eigenvalue weighted by molar-refractivity contribution is -0.149. The average molecular weight is 438 g/mol. The third-order valence-corrected chi connectivity index (χ3v) is 7.12. The van der Waals surface area contributed by atoms with E-state index in [4.69, 9.17) is 16.3 Å². The van der Waals surface area contributed by atoms with Crippen LogP contribution in [0.15, 0.2) is 5.10 Å². The largest absolute Gasteiger partial charge is 0.463 e. The molecule has 10 heteroatoms. The van der Waals surface area contributed by atoms with Gasteiger partial charge in [-0.3, -0.25) is 9.59 Å². The summed E-state index contributed by atoms with van der Waals surface area (Å²) in [6, 6.07) is -0.351. The molecule has 0 aromatic rings. The Labute approximate surface area is 184 Å². The van der Waals surface area contributed by atoms with E-state index in [1.165, 1.54) is 12.8 Å². The first-order valence-electron chi connectivity index (χ1n) is 11.6. The molecule has 3 rings (SSSR count). The average Bonchev–Trinajstić information content (AvgIpc) is 3.31. The predicted molar refractivity (Wildman–Crippen MR) is 119 cm³/mol. The van der Waals surface area contributed by atoms with Gasteiger partial charge in [0.05, 0.1) is 12.6 Å². The standard InChI is InChI=1S/C21H39N7O3/c1-28(20(29)17-3-2-8-24-17)9-10-31-21(30)18-12-16-11-14(4-6-15(16)13-25-18)5-7-19(22)26-27-23/h14-18,24-25,27H,2-13,23H2,1H3,(H2,22,26). The van der Waals surface area contributed by atoms with Crippen LogP contribution in [0.2, 0.25) is 0 Å². The molecule has 3 fully saturated rings. The lowest BCUT2D eigenvalue weighted by Gasteiger charge is -2.42. The van der Waals surface area contributed by atoms with Crippen molar-refractivity contribution in [3.8, 4) is 0 Å². The van der Waals surface area contributed by atoms with Gasteiger partial charge in [-0.05, 0) is 69.4 Å². The molecule has 1 saturated carbocycles. The number of carbonyl (C=O) groups excluding carboxylic acids is 2. The van der Waals surface area contributed by atoms with Crippen LogP contribution in [0.4, 0.5) is 0 Å². The Balaban J connectivity index is 1.38. The number of amidine groups is 1. The number of ether oxygens (including phenoxy) is 1. The number of likely N-dealkylation sites (N-methyl/N-ethyl adjacent to an activating group) is 1. The number of hydrazone groups is 1. The summed E-state index contributed by atoms with van der Waals surface area (Å²) in [7, 11) is 1.77. The van der Waals surface area contributed by atoms with E-state index in [-0.39, 0.29) is 30.6 Å². The van der Waals surface area contributed by atoms with Crippen LogP contribution in [0.5, 0.6) is 0 Å². The molecule has 2 saturated heterocycles. The summed E-state index contributed by atoms with van der Waals surface area (Å²) in [4.78, 5) is 26.6. The zero-order chi connectivity index (χ0) is 22.2. The Morgan fingerprint density at radius 1 is 1.16 bits per heavy atom. The quantitative estimate of drug-likeness (QED) is 0.108. The van der Waals surface area contributed by atoms with Gasteiger partial charge in [0.25, 0.3) is 0 Å². The summed E-state index contributed by atoms with van der Waals surface area (Å²) in [6.07, 6.45) is 7.94. The molecular formula is C21H39N7O3. The van der Waals surface area contributed by atoms with E-state index in [0.717, 1.165) is 51.6 Å². The molecule has 0 aromatic heterocycles. The molecule has 2 heterocycles. The van der Waals surface area contributed by atoms with Crippen molar-refractivity contribution in [1.82, 2.24) is 21.1 Å². The summed E-state index contributed by atoms with van der Waals surface area (Å²) in [6.45, 7) is 2.41. The van der Waals surface area contributed by atoms with Gasteiger partial charge in [-0.25, -0.2) is 11.4 Å². The van der Waals surface area contributed by atoms with Crippen molar-refractivity contribution in [2.45, 2.75) is 63.5 Å². The van der Waals surface area contributed by atoms with E-state index < -0.39 is 0 Å². The second kappa shape index (κ2) is 11.6. The van der Waals surface area contributed by atoms with Crippen molar-refractivity contribution < 1.29 is 14.3 Å². The number of rotatable bonds is 9. The maximum atomic E-state index is 12.6. The molecule has 0 aromatic carbocycles. The predicted octanol–water partition coefficient (Wildman–Crippen LogP) is -0.350. The second-order valence-electron chi connectivity index (χ2n) is 9.24. The smallest absolute Gasteiger partial charge is 0.323 e. The van der Waals surface area contributed by atoms with E-state index in [1.807, 2.05) is 0 Å². The second-order valence-corrected chi connectivity index (χ2v) is 9.24. The molecule has 176 valence electrons. The molecule has 3 aliphatic rings. The summed E-state index contributed by atoms with van der Waals surface area (Å²) in [5, 5.41) is 10.4. The first kappa shape index (κ1) is 23.7. The van der Waals surface area contributed by atoms with Crippen LogP contribution in [-0.2, 0) is 14.3 Å². The summed E-state index contributed by atoms with van der Waals surface area (Å²) in [5.74, 6) is 7.34. The number of hydrazine groups is 1. The number of fused-ring (bicyclic) bond motifs is 1. The number of hydrogen-bond acceptors (Lipinski definition) is 8. The van der Waals surface area contributed by atoms with Crippen LogP contribution >= 0.6 is 0 Å². The molecule has 0 bridgehead atoms. The van der Waals surface area contributed by atoms with Gasteiger partial charge in [0.2, 0.25) is 5.91 Å². The van der Waals surface area contributed by atoms with Gasteiger partial charge in [0.1, 0.15) is 18.5 Å². The van der Waals surface area contributed by atoms with Crippen molar-refractivity contribution >= 4 is 17.7 Å². The van der Waals surface area contributed by atoms with Crippen LogP contribution < -0.4 is 27.7 Å². The molecule has 5 atom stereocenters. The van der Waals surface area contributed by atoms with Crippen molar-refractivity contribution in [3.05, 3.63) is 0 Å². The number of piperidine rings is 1. The molecular weight excluding hydrogens is 398 g/mol. The first-order chi connectivity index (χ1) is 15.0. The van der Waals surface area contributed by atoms with Crippen molar-refractivity contribution in [3.63, 3.8) is 0 Å². The summed E-state index contributed by atoms with van der Waals surface area (Å²) in [5.41, 5.74) is 8.07. The van der Waals surface area contributed by atoms with E-state index in [0.29, 0.717) is 30.1 Å². The highest BCUT2D eigenvalue weighted by atomic mass is 16.5. The SMILES string of the molecule is CN(CCOC(=O)C1CC2CC(CC/C(N)=N/NN)CCC2CN1)C(=O)C1CCCN1.